The minimum Gasteiger partial charge on any atom is -0.353 e. The van der Waals surface area contributed by atoms with E-state index in [1.165, 1.54) is 0 Å². The topological polar surface area (TPSA) is 70.4 Å². The van der Waals surface area contributed by atoms with Crippen LogP contribution in [0.1, 0.15) is 32.4 Å². The first-order chi connectivity index (χ1) is 11.4. The number of rotatable bonds is 6. The van der Waals surface area contributed by atoms with Gasteiger partial charge >= 0.3 is 0 Å². The van der Waals surface area contributed by atoms with Crippen LogP contribution in [-0.2, 0) is 13.6 Å². The smallest absolute Gasteiger partial charge is 0.192 e. The Labute approximate surface area is 145 Å². The summed E-state index contributed by atoms with van der Waals surface area (Å²) < 4.78 is 1.97. The fourth-order valence-electron chi connectivity index (χ4n) is 2.85. The van der Waals surface area contributed by atoms with Gasteiger partial charge in [0.1, 0.15) is 12.4 Å². The lowest BCUT2D eigenvalue weighted by molar-refractivity contribution is 0.265. The molecule has 1 aromatic rings. The van der Waals surface area contributed by atoms with Crippen LogP contribution in [0.4, 0.5) is 0 Å². The molecular weight excluding hydrogens is 302 g/mol. The highest BCUT2D eigenvalue weighted by atomic mass is 15.3. The standard InChI is InChI=1S/C17H31N7/c1-7-8-18-17(19-9-16-22-21-14(5)23(16)6)20-15-11-24(12(2)3)10-13(15)4/h7,12-13,15H,1,8-11H2,2-6H3,(H2,18,19,20). The molecule has 0 saturated carbocycles. The van der Waals surface area contributed by atoms with Crippen LogP contribution in [0.25, 0.3) is 0 Å². The van der Waals surface area contributed by atoms with Crippen molar-refractivity contribution in [2.45, 2.75) is 46.3 Å². The lowest BCUT2D eigenvalue weighted by atomic mass is 10.1. The summed E-state index contributed by atoms with van der Waals surface area (Å²) in [5.41, 5.74) is 0. The summed E-state index contributed by atoms with van der Waals surface area (Å²) >= 11 is 0. The van der Waals surface area contributed by atoms with Gasteiger partial charge in [-0.15, -0.1) is 16.8 Å². The molecular formula is C17H31N7. The van der Waals surface area contributed by atoms with Crippen molar-refractivity contribution in [2.75, 3.05) is 19.6 Å². The van der Waals surface area contributed by atoms with Crippen LogP contribution in [0, 0.1) is 12.8 Å². The van der Waals surface area contributed by atoms with Gasteiger partial charge < -0.3 is 15.2 Å². The summed E-state index contributed by atoms with van der Waals surface area (Å²) in [4.78, 5) is 7.18. The van der Waals surface area contributed by atoms with Crippen LogP contribution in [-0.4, -0.2) is 57.3 Å². The third-order valence-electron chi connectivity index (χ3n) is 4.67. The van der Waals surface area contributed by atoms with Gasteiger partial charge in [-0.3, -0.25) is 4.90 Å². The van der Waals surface area contributed by atoms with Crippen LogP contribution in [0.15, 0.2) is 17.6 Å². The monoisotopic (exact) mass is 333 g/mol. The van der Waals surface area contributed by atoms with Gasteiger partial charge in [-0.2, -0.15) is 0 Å². The van der Waals surface area contributed by atoms with E-state index in [1.807, 2.05) is 24.6 Å². The van der Waals surface area contributed by atoms with E-state index in [0.717, 1.165) is 30.7 Å². The molecule has 2 N–H and O–H groups in total. The maximum Gasteiger partial charge on any atom is 0.192 e. The molecule has 1 aliphatic rings. The van der Waals surface area contributed by atoms with Gasteiger partial charge in [0, 0.05) is 38.8 Å². The van der Waals surface area contributed by atoms with Crippen molar-refractivity contribution in [1.29, 1.82) is 0 Å². The summed E-state index contributed by atoms with van der Waals surface area (Å²) in [5.74, 6) is 3.14. The van der Waals surface area contributed by atoms with Gasteiger partial charge in [0.15, 0.2) is 11.8 Å². The van der Waals surface area contributed by atoms with Crippen molar-refractivity contribution in [1.82, 2.24) is 30.3 Å². The van der Waals surface area contributed by atoms with E-state index in [1.54, 1.807) is 0 Å². The Morgan fingerprint density at radius 2 is 2.17 bits per heavy atom. The summed E-state index contributed by atoms with van der Waals surface area (Å²) in [6.45, 7) is 15.8. The predicted octanol–water partition coefficient (Wildman–Crippen LogP) is 1.07. The zero-order valence-electron chi connectivity index (χ0n) is 15.6. The molecule has 0 radical (unpaired) electrons. The van der Waals surface area contributed by atoms with Crippen LogP contribution in [0.3, 0.4) is 0 Å². The Morgan fingerprint density at radius 1 is 1.42 bits per heavy atom. The number of guanidine groups is 1. The van der Waals surface area contributed by atoms with Crippen LogP contribution in [0.5, 0.6) is 0 Å². The summed E-state index contributed by atoms with van der Waals surface area (Å²) in [7, 11) is 1.96. The van der Waals surface area contributed by atoms with Crippen LogP contribution < -0.4 is 10.6 Å². The van der Waals surface area contributed by atoms with Crippen molar-refractivity contribution < 1.29 is 0 Å². The molecule has 0 bridgehead atoms. The zero-order chi connectivity index (χ0) is 17.7. The van der Waals surface area contributed by atoms with Gasteiger partial charge in [0.05, 0.1) is 0 Å². The second-order valence-electron chi connectivity index (χ2n) is 6.83. The summed E-state index contributed by atoms with van der Waals surface area (Å²) in [6.07, 6.45) is 1.84. The first kappa shape index (κ1) is 18.4. The molecule has 0 aliphatic carbocycles. The first-order valence-electron chi connectivity index (χ1n) is 8.67. The normalized spacial score (nSPS) is 22.2. The quantitative estimate of drug-likeness (QED) is 0.463. The Kier molecular flexibility index (Phi) is 6.36. The lowest BCUT2D eigenvalue weighted by Crippen LogP contribution is -2.47. The molecule has 1 saturated heterocycles. The second-order valence-corrected chi connectivity index (χ2v) is 6.83. The van der Waals surface area contributed by atoms with E-state index in [9.17, 15) is 0 Å². The molecule has 2 rings (SSSR count). The van der Waals surface area contributed by atoms with Gasteiger partial charge in [-0.1, -0.05) is 13.0 Å². The van der Waals surface area contributed by atoms with Gasteiger partial charge in [0.25, 0.3) is 0 Å². The minimum atomic E-state index is 0.393. The molecule has 2 heterocycles. The van der Waals surface area contributed by atoms with Crippen molar-refractivity contribution >= 4 is 5.96 Å². The molecule has 24 heavy (non-hydrogen) atoms. The second kappa shape index (κ2) is 8.28. The minimum absolute atomic E-state index is 0.393. The van der Waals surface area contributed by atoms with Crippen LogP contribution >= 0.6 is 0 Å². The number of nitrogens with zero attached hydrogens (tertiary/aromatic N) is 5. The van der Waals surface area contributed by atoms with Crippen molar-refractivity contribution in [3.63, 3.8) is 0 Å². The Balaban J connectivity index is 2.03. The molecule has 0 aromatic carbocycles. The van der Waals surface area contributed by atoms with E-state index in [4.69, 9.17) is 0 Å². The highest BCUT2D eigenvalue weighted by Gasteiger charge is 2.31. The Morgan fingerprint density at radius 3 is 2.71 bits per heavy atom. The average molecular weight is 333 g/mol. The summed E-state index contributed by atoms with van der Waals surface area (Å²) in [5, 5.41) is 15.1. The van der Waals surface area contributed by atoms with Gasteiger partial charge in [-0.05, 0) is 26.7 Å². The van der Waals surface area contributed by atoms with Gasteiger partial charge in [-0.25, -0.2) is 4.99 Å². The zero-order valence-corrected chi connectivity index (χ0v) is 15.6. The van der Waals surface area contributed by atoms with Gasteiger partial charge in [0.2, 0.25) is 0 Å². The summed E-state index contributed by atoms with van der Waals surface area (Å²) in [6, 6.07) is 0.965. The van der Waals surface area contributed by atoms with E-state index in [0.29, 0.717) is 31.1 Å². The molecule has 7 nitrogen and oxygen atoms in total. The molecule has 134 valence electrons. The van der Waals surface area contributed by atoms with E-state index < -0.39 is 0 Å². The molecule has 7 heteroatoms. The number of aryl methyl sites for hydroxylation is 1. The fourth-order valence-corrected chi connectivity index (χ4v) is 2.85. The average Bonchev–Trinajstić information content (AvgIpc) is 3.06. The molecule has 1 aromatic heterocycles. The predicted molar refractivity (Wildman–Crippen MR) is 97.9 cm³/mol. The Hall–Kier alpha value is -1.89. The number of hydrogen-bond donors (Lipinski definition) is 2. The Bertz CT molecular complexity index is 575. The molecule has 2 unspecified atom stereocenters. The first-order valence-corrected chi connectivity index (χ1v) is 8.67. The van der Waals surface area contributed by atoms with E-state index >= 15 is 0 Å². The van der Waals surface area contributed by atoms with E-state index in [-0.39, 0.29) is 0 Å². The van der Waals surface area contributed by atoms with Crippen LogP contribution in [0.2, 0.25) is 0 Å². The van der Waals surface area contributed by atoms with Crippen molar-refractivity contribution in [3.05, 3.63) is 24.3 Å². The molecule has 1 aliphatic heterocycles. The molecule has 2 atom stereocenters. The third-order valence-corrected chi connectivity index (χ3v) is 4.67. The van der Waals surface area contributed by atoms with Crippen molar-refractivity contribution in [3.8, 4) is 0 Å². The number of aliphatic imine (C=N–C) groups is 1. The maximum absolute atomic E-state index is 4.68. The highest BCUT2D eigenvalue weighted by molar-refractivity contribution is 5.80. The maximum atomic E-state index is 4.68. The third kappa shape index (κ3) is 4.56. The molecule has 0 spiro atoms. The fraction of sp³-hybridized carbons (Fsp3) is 0.706. The number of likely N-dealkylation sites (tertiary alicyclic amines) is 1. The SMILES string of the molecule is C=CCNC(=NCc1nnc(C)n1C)NC1CN(C(C)C)CC1C. The molecule has 1 fully saturated rings. The number of nitrogens with one attached hydrogen (secondary N) is 2. The largest absolute Gasteiger partial charge is 0.353 e. The number of hydrogen-bond acceptors (Lipinski definition) is 4. The van der Waals surface area contributed by atoms with E-state index in [2.05, 4.69) is 58.1 Å². The highest BCUT2D eigenvalue weighted by Crippen LogP contribution is 2.18. The molecule has 0 amide bonds. The lowest BCUT2D eigenvalue weighted by Gasteiger charge is -2.22. The number of aromatic nitrogens is 3. The van der Waals surface area contributed by atoms with Crippen molar-refractivity contribution in [2.24, 2.45) is 18.0 Å².